The number of nitro groups is 1. The van der Waals surface area contributed by atoms with Crippen molar-refractivity contribution in [1.82, 2.24) is 0 Å². The van der Waals surface area contributed by atoms with Crippen molar-refractivity contribution in [2.24, 2.45) is 0 Å². The third kappa shape index (κ3) is 3.01. The van der Waals surface area contributed by atoms with Crippen molar-refractivity contribution < 1.29 is 22.8 Å². The Balaban J connectivity index is 2.11. The van der Waals surface area contributed by atoms with E-state index in [0.717, 1.165) is 17.5 Å². The number of alkyl halides is 3. The Labute approximate surface area is 134 Å². The quantitative estimate of drug-likeness (QED) is 0.466. The number of rotatable bonds is 3. The van der Waals surface area contributed by atoms with Gasteiger partial charge in [0.25, 0.3) is 5.69 Å². The zero-order valence-electron chi connectivity index (χ0n) is 12.1. The number of fused-ring (bicyclic) bond motifs is 1. The third-order valence-corrected chi connectivity index (χ3v) is 3.45. The summed E-state index contributed by atoms with van der Waals surface area (Å²) >= 11 is 0. The van der Waals surface area contributed by atoms with E-state index >= 15 is 0 Å². The highest BCUT2D eigenvalue weighted by Crippen LogP contribution is 2.41. The first kappa shape index (κ1) is 15.8. The number of benzene rings is 3. The van der Waals surface area contributed by atoms with Gasteiger partial charge >= 0.3 is 6.18 Å². The van der Waals surface area contributed by atoms with Gasteiger partial charge in [0.05, 0.1) is 4.92 Å². The molecule has 0 heterocycles. The van der Waals surface area contributed by atoms with Crippen LogP contribution in [0.1, 0.15) is 5.56 Å². The molecule has 0 amide bonds. The van der Waals surface area contributed by atoms with Crippen molar-refractivity contribution in [2.75, 3.05) is 0 Å². The number of halogens is 3. The van der Waals surface area contributed by atoms with Gasteiger partial charge in [-0.05, 0) is 17.5 Å². The molecule has 7 heteroatoms. The van der Waals surface area contributed by atoms with Gasteiger partial charge in [-0.1, -0.05) is 36.4 Å². The number of hydrogen-bond acceptors (Lipinski definition) is 3. The summed E-state index contributed by atoms with van der Waals surface area (Å²) in [5.74, 6) is -0.239. The summed E-state index contributed by atoms with van der Waals surface area (Å²) in [5, 5.41) is 12.2. The van der Waals surface area contributed by atoms with E-state index < -0.39 is 28.1 Å². The summed E-state index contributed by atoms with van der Waals surface area (Å²) in [6, 6.07) is 14.5. The molecule has 0 N–H and O–H groups in total. The van der Waals surface area contributed by atoms with Crippen LogP contribution in [0.3, 0.4) is 0 Å². The minimum atomic E-state index is -4.77. The average Bonchev–Trinajstić information content (AvgIpc) is 2.54. The van der Waals surface area contributed by atoms with Crippen LogP contribution < -0.4 is 4.74 Å². The summed E-state index contributed by atoms with van der Waals surface area (Å²) in [6.07, 6.45) is -4.77. The molecule has 3 aromatic carbocycles. The van der Waals surface area contributed by atoms with Gasteiger partial charge in [-0.15, -0.1) is 0 Å². The van der Waals surface area contributed by atoms with E-state index in [-0.39, 0.29) is 5.75 Å². The lowest BCUT2D eigenvalue weighted by Crippen LogP contribution is -2.08. The fourth-order valence-electron chi connectivity index (χ4n) is 2.35. The summed E-state index contributed by atoms with van der Waals surface area (Å²) in [6.45, 7) is 0. The fraction of sp³-hybridized carbons (Fsp3) is 0.0588. The van der Waals surface area contributed by atoms with Crippen molar-refractivity contribution >= 4 is 16.5 Å². The van der Waals surface area contributed by atoms with E-state index in [4.69, 9.17) is 4.74 Å². The van der Waals surface area contributed by atoms with Gasteiger partial charge in [0.15, 0.2) is 0 Å². The van der Waals surface area contributed by atoms with Gasteiger partial charge in [0.2, 0.25) is 0 Å². The molecule has 0 unspecified atom stereocenters. The Kier molecular flexibility index (Phi) is 3.84. The molecule has 0 aromatic heterocycles. The van der Waals surface area contributed by atoms with Crippen molar-refractivity contribution in [3.05, 3.63) is 76.3 Å². The van der Waals surface area contributed by atoms with Crippen LogP contribution in [0.15, 0.2) is 60.7 Å². The normalized spacial score (nSPS) is 11.5. The topological polar surface area (TPSA) is 52.4 Å². The monoisotopic (exact) mass is 333 g/mol. The highest BCUT2D eigenvalue weighted by molar-refractivity contribution is 5.88. The van der Waals surface area contributed by atoms with E-state index in [1.807, 2.05) is 12.1 Å². The molecule has 3 aromatic rings. The molecule has 0 saturated heterocycles. The minimum absolute atomic E-state index is 0.243. The molecule has 0 bridgehead atoms. The summed E-state index contributed by atoms with van der Waals surface area (Å²) in [4.78, 5) is 9.84. The molecule has 0 spiro atoms. The van der Waals surface area contributed by atoms with Crippen LogP contribution in [-0.4, -0.2) is 4.92 Å². The second-order valence-corrected chi connectivity index (χ2v) is 5.01. The molecule has 0 aliphatic rings. The SMILES string of the molecule is O=[N+]([O-])c1ccc(Oc2cccc3ccccc23)c(C(F)(F)F)c1. The van der Waals surface area contributed by atoms with E-state index in [1.54, 1.807) is 30.3 Å². The molecule has 3 rings (SSSR count). The maximum atomic E-state index is 13.2. The number of nitrogens with zero attached hydrogens (tertiary/aromatic N) is 1. The van der Waals surface area contributed by atoms with Gasteiger partial charge in [-0.25, -0.2) is 0 Å². The molecule has 24 heavy (non-hydrogen) atoms. The van der Waals surface area contributed by atoms with Crippen LogP contribution in [0, 0.1) is 10.1 Å². The fourth-order valence-corrected chi connectivity index (χ4v) is 2.35. The molecule has 0 radical (unpaired) electrons. The molecule has 0 fully saturated rings. The van der Waals surface area contributed by atoms with E-state index in [1.165, 1.54) is 0 Å². The lowest BCUT2D eigenvalue weighted by atomic mass is 10.1. The number of nitro benzene ring substituents is 1. The van der Waals surface area contributed by atoms with Crippen LogP contribution in [0.25, 0.3) is 10.8 Å². The Morgan fingerprint density at radius 1 is 0.917 bits per heavy atom. The van der Waals surface area contributed by atoms with Crippen molar-refractivity contribution in [3.63, 3.8) is 0 Å². The van der Waals surface area contributed by atoms with Crippen LogP contribution in [-0.2, 0) is 6.18 Å². The summed E-state index contributed by atoms with van der Waals surface area (Å²) in [5.41, 5.74) is -1.84. The molecule has 0 aliphatic carbocycles. The van der Waals surface area contributed by atoms with Crippen molar-refractivity contribution in [3.8, 4) is 11.5 Å². The second kappa shape index (κ2) is 5.84. The molecule has 0 atom stereocenters. The van der Waals surface area contributed by atoms with Crippen LogP contribution in [0.5, 0.6) is 11.5 Å². The van der Waals surface area contributed by atoms with Crippen LogP contribution in [0.2, 0.25) is 0 Å². The van der Waals surface area contributed by atoms with Crippen LogP contribution in [0.4, 0.5) is 18.9 Å². The molecular formula is C17H10F3NO3. The number of non-ortho nitro benzene ring substituents is 1. The first-order chi connectivity index (χ1) is 11.4. The predicted molar refractivity (Wildman–Crippen MR) is 82.1 cm³/mol. The van der Waals surface area contributed by atoms with Gasteiger partial charge in [-0.2, -0.15) is 13.2 Å². The first-order valence-corrected chi connectivity index (χ1v) is 6.87. The lowest BCUT2D eigenvalue weighted by molar-refractivity contribution is -0.385. The lowest BCUT2D eigenvalue weighted by Gasteiger charge is -2.14. The molecule has 4 nitrogen and oxygen atoms in total. The van der Waals surface area contributed by atoms with E-state index in [9.17, 15) is 23.3 Å². The largest absolute Gasteiger partial charge is 0.456 e. The highest BCUT2D eigenvalue weighted by Gasteiger charge is 2.36. The predicted octanol–water partition coefficient (Wildman–Crippen LogP) is 5.56. The average molecular weight is 333 g/mol. The van der Waals surface area contributed by atoms with Crippen molar-refractivity contribution in [1.29, 1.82) is 0 Å². The molecule has 0 aliphatic heterocycles. The minimum Gasteiger partial charge on any atom is -0.456 e. The number of hydrogen-bond donors (Lipinski definition) is 0. The second-order valence-electron chi connectivity index (χ2n) is 5.01. The van der Waals surface area contributed by atoms with Gasteiger partial charge in [0.1, 0.15) is 17.1 Å². The molecule has 0 saturated carbocycles. The maximum Gasteiger partial charge on any atom is 0.420 e. The summed E-state index contributed by atoms with van der Waals surface area (Å²) < 4.78 is 45.1. The van der Waals surface area contributed by atoms with Crippen LogP contribution >= 0.6 is 0 Å². The maximum absolute atomic E-state index is 13.2. The zero-order valence-corrected chi connectivity index (χ0v) is 12.1. The smallest absolute Gasteiger partial charge is 0.420 e. The first-order valence-electron chi connectivity index (χ1n) is 6.87. The Morgan fingerprint density at radius 2 is 1.62 bits per heavy atom. The zero-order chi connectivity index (χ0) is 17.3. The van der Waals surface area contributed by atoms with E-state index in [0.29, 0.717) is 11.5 Å². The van der Waals surface area contributed by atoms with Gasteiger partial charge < -0.3 is 4.74 Å². The van der Waals surface area contributed by atoms with Crippen molar-refractivity contribution in [2.45, 2.75) is 6.18 Å². The van der Waals surface area contributed by atoms with Gasteiger partial charge in [-0.3, -0.25) is 10.1 Å². The number of ether oxygens (including phenoxy) is 1. The standard InChI is InChI=1S/C17H10F3NO3/c18-17(19,20)14-10-12(21(22)23)8-9-16(14)24-15-7-3-5-11-4-1-2-6-13(11)15/h1-10H. The summed E-state index contributed by atoms with van der Waals surface area (Å²) in [7, 11) is 0. The Morgan fingerprint density at radius 3 is 2.33 bits per heavy atom. The van der Waals surface area contributed by atoms with E-state index in [2.05, 4.69) is 0 Å². The highest BCUT2D eigenvalue weighted by atomic mass is 19.4. The Bertz CT molecular complexity index is 917. The molecular weight excluding hydrogens is 323 g/mol. The van der Waals surface area contributed by atoms with Gasteiger partial charge in [0, 0.05) is 17.5 Å². The molecule has 122 valence electrons. The Hall–Kier alpha value is -3.09. The third-order valence-electron chi connectivity index (χ3n) is 3.45.